The second-order valence-electron chi connectivity index (χ2n) is 7.03. The number of amides is 2. The van der Waals surface area contributed by atoms with Gasteiger partial charge in [0.2, 0.25) is 0 Å². The lowest BCUT2D eigenvalue weighted by atomic mass is 10.0. The van der Waals surface area contributed by atoms with E-state index in [9.17, 15) is 9.59 Å². The smallest absolute Gasteiger partial charge is 0.277 e. The predicted molar refractivity (Wildman–Crippen MR) is 107 cm³/mol. The van der Waals surface area contributed by atoms with Gasteiger partial charge in [0.15, 0.2) is 0 Å². The average molecular weight is 387 g/mol. The first-order valence-electron chi connectivity index (χ1n) is 9.83. The summed E-state index contributed by atoms with van der Waals surface area (Å²) in [5.74, 6) is 0.133. The molecule has 7 nitrogen and oxygen atoms in total. The van der Waals surface area contributed by atoms with Crippen molar-refractivity contribution in [3.63, 3.8) is 0 Å². The number of rotatable bonds is 8. The van der Waals surface area contributed by atoms with Crippen LogP contribution in [0.25, 0.3) is 5.57 Å². The Morgan fingerprint density at radius 1 is 1.04 bits per heavy atom. The molecule has 1 fully saturated rings. The van der Waals surface area contributed by atoms with E-state index in [0.717, 1.165) is 26.2 Å². The fraction of sp³-hybridized carbons (Fsp3) is 0.524. The van der Waals surface area contributed by atoms with E-state index in [1.807, 2.05) is 36.1 Å². The Morgan fingerprint density at radius 2 is 1.75 bits per heavy atom. The monoisotopic (exact) mass is 387 g/mol. The van der Waals surface area contributed by atoms with E-state index >= 15 is 0 Å². The van der Waals surface area contributed by atoms with Gasteiger partial charge in [-0.1, -0.05) is 18.2 Å². The zero-order valence-electron chi connectivity index (χ0n) is 16.9. The minimum atomic E-state index is -0.250. The maximum absolute atomic E-state index is 13.3. The van der Waals surface area contributed by atoms with Crippen molar-refractivity contribution in [2.24, 2.45) is 0 Å². The summed E-state index contributed by atoms with van der Waals surface area (Å²) >= 11 is 0. The Kier molecular flexibility index (Phi) is 6.70. The van der Waals surface area contributed by atoms with E-state index in [1.165, 1.54) is 4.90 Å². The fourth-order valence-electron chi connectivity index (χ4n) is 3.65. The molecule has 2 aliphatic rings. The van der Waals surface area contributed by atoms with Crippen molar-refractivity contribution in [2.75, 3.05) is 60.1 Å². The van der Waals surface area contributed by atoms with E-state index in [0.29, 0.717) is 48.8 Å². The van der Waals surface area contributed by atoms with Crippen LogP contribution in [0.2, 0.25) is 0 Å². The third-order valence-corrected chi connectivity index (χ3v) is 5.21. The number of hydrogen-bond donors (Lipinski definition) is 0. The maximum atomic E-state index is 13.3. The highest BCUT2D eigenvalue weighted by molar-refractivity contribution is 6.36. The average Bonchev–Trinajstić information content (AvgIpc) is 2.96. The van der Waals surface area contributed by atoms with Crippen molar-refractivity contribution in [3.05, 3.63) is 35.5 Å². The van der Waals surface area contributed by atoms with Gasteiger partial charge in [-0.2, -0.15) is 0 Å². The molecule has 152 valence electrons. The molecule has 2 amide bonds. The first kappa shape index (κ1) is 20.4. The molecule has 1 saturated heterocycles. The highest BCUT2D eigenvalue weighted by atomic mass is 16.5. The number of carbonyl (C=O) groups is 2. The number of para-hydroxylation sites is 1. The van der Waals surface area contributed by atoms with Crippen LogP contribution in [0.3, 0.4) is 0 Å². The molecule has 0 saturated carbocycles. The van der Waals surface area contributed by atoms with Crippen LogP contribution in [-0.2, 0) is 14.3 Å². The summed E-state index contributed by atoms with van der Waals surface area (Å²) in [7, 11) is 3.64. The zero-order valence-corrected chi connectivity index (χ0v) is 16.9. The highest BCUT2D eigenvalue weighted by Crippen LogP contribution is 2.36. The van der Waals surface area contributed by atoms with Gasteiger partial charge < -0.3 is 19.3 Å². The van der Waals surface area contributed by atoms with Crippen molar-refractivity contribution in [1.29, 1.82) is 0 Å². The van der Waals surface area contributed by atoms with E-state index in [1.54, 1.807) is 7.11 Å². The van der Waals surface area contributed by atoms with Gasteiger partial charge in [0.25, 0.3) is 11.8 Å². The third-order valence-electron chi connectivity index (χ3n) is 5.21. The number of likely N-dealkylation sites (N-methyl/N-ethyl adjacent to an activating group) is 1. The quantitative estimate of drug-likeness (QED) is 0.497. The molecule has 7 heteroatoms. The second-order valence-corrected chi connectivity index (χ2v) is 7.03. The van der Waals surface area contributed by atoms with Gasteiger partial charge >= 0.3 is 0 Å². The van der Waals surface area contributed by atoms with E-state index in [2.05, 4.69) is 11.9 Å². The van der Waals surface area contributed by atoms with Crippen LogP contribution in [0, 0.1) is 0 Å². The summed E-state index contributed by atoms with van der Waals surface area (Å²) in [6.07, 6.45) is 0.626. The van der Waals surface area contributed by atoms with Gasteiger partial charge in [0.1, 0.15) is 11.4 Å². The molecule has 1 aromatic carbocycles. The van der Waals surface area contributed by atoms with Gasteiger partial charge in [0.05, 0.1) is 12.7 Å². The maximum Gasteiger partial charge on any atom is 0.277 e. The van der Waals surface area contributed by atoms with Gasteiger partial charge in [-0.25, -0.2) is 0 Å². The zero-order chi connectivity index (χ0) is 20.1. The lowest BCUT2D eigenvalue weighted by Gasteiger charge is -2.34. The molecule has 0 N–H and O–H groups in total. The van der Waals surface area contributed by atoms with Crippen LogP contribution in [0.15, 0.2) is 30.0 Å². The second kappa shape index (κ2) is 9.21. The van der Waals surface area contributed by atoms with Crippen LogP contribution in [-0.4, -0.2) is 86.6 Å². The Balaban J connectivity index is 1.95. The molecule has 0 aromatic heterocycles. The van der Waals surface area contributed by atoms with E-state index in [4.69, 9.17) is 9.47 Å². The van der Waals surface area contributed by atoms with E-state index < -0.39 is 0 Å². The van der Waals surface area contributed by atoms with Crippen LogP contribution in [0.5, 0.6) is 5.75 Å². The number of nitrogens with zero attached hydrogens (tertiary/aromatic N) is 3. The topological polar surface area (TPSA) is 62.3 Å². The van der Waals surface area contributed by atoms with Gasteiger partial charge in [-0.05, 0) is 26.5 Å². The largest absolute Gasteiger partial charge is 0.496 e. The first-order valence-corrected chi connectivity index (χ1v) is 9.83. The minimum Gasteiger partial charge on any atom is -0.496 e. The highest BCUT2D eigenvalue weighted by Gasteiger charge is 2.42. The molecule has 28 heavy (non-hydrogen) atoms. The number of imide groups is 1. The number of piperazine rings is 1. The Labute approximate surface area is 166 Å². The van der Waals surface area contributed by atoms with Crippen LogP contribution < -0.4 is 4.74 Å². The van der Waals surface area contributed by atoms with Gasteiger partial charge in [-0.3, -0.25) is 14.5 Å². The SMILES string of the molecule is CCOCCCN1C(=O)C(c2ccccc2OC)=C(N2CCN(C)CC2)C1=O. The molecule has 0 aliphatic carbocycles. The number of methoxy groups -OCH3 is 1. The molecule has 0 spiro atoms. The molecule has 2 heterocycles. The number of ether oxygens (including phenoxy) is 2. The summed E-state index contributed by atoms with van der Waals surface area (Å²) in [4.78, 5) is 32.2. The van der Waals surface area contributed by atoms with Crippen molar-refractivity contribution in [3.8, 4) is 5.75 Å². The summed E-state index contributed by atoms with van der Waals surface area (Å²) in [5, 5.41) is 0. The molecule has 0 radical (unpaired) electrons. The van der Waals surface area contributed by atoms with E-state index in [-0.39, 0.29) is 11.8 Å². The van der Waals surface area contributed by atoms with Gasteiger partial charge in [-0.15, -0.1) is 0 Å². The molecule has 2 aliphatic heterocycles. The Bertz CT molecular complexity index is 754. The fourth-order valence-corrected chi connectivity index (χ4v) is 3.65. The number of hydrogen-bond acceptors (Lipinski definition) is 6. The lowest BCUT2D eigenvalue weighted by molar-refractivity contribution is -0.137. The number of benzene rings is 1. The summed E-state index contributed by atoms with van der Waals surface area (Å²) in [5.41, 5.74) is 1.62. The van der Waals surface area contributed by atoms with Crippen molar-refractivity contribution < 1.29 is 19.1 Å². The Morgan fingerprint density at radius 3 is 2.43 bits per heavy atom. The molecular formula is C21H29N3O4. The standard InChI is InChI=1S/C21H29N3O4/c1-4-28-15-7-10-24-20(25)18(16-8-5-6-9-17(16)27-3)19(21(24)26)23-13-11-22(2)12-14-23/h5-6,8-9H,4,7,10-15H2,1-3H3. The van der Waals surface area contributed by atoms with Gasteiger partial charge in [0, 0.05) is 51.5 Å². The van der Waals surface area contributed by atoms with Crippen molar-refractivity contribution >= 4 is 17.4 Å². The van der Waals surface area contributed by atoms with Crippen molar-refractivity contribution in [2.45, 2.75) is 13.3 Å². The summed E-state index contributed by atoms with van der Waals surface area (Å²) in [6.45, 7) is 6.59. The first-order chi connectivity index (χ1) is 13.6. The van der Waals surface area contributed by atoms with Crippen LogP contribution in [0.1, 0.15) is 18.9 Å². The lowest BCUT2D eigenvalue weighted by Crippen LogP contribution is -2.46. The molecular weight excluding hydrogens is 358 g/mol. The molecule has 3 rings (SSSR count). The summed E-state index contributed by atoms with van der Waals surface area (Å²) < 4.78 is 10.8. The molecule has 1 aromatic rings. The third kappa shape index (κ3) is 4.05. The minimum absolute atomic E-state index is 0.216. The van der Waals surface area contributed by atoms with Crippen molar-refractivity contribution in [1.82, 2.24) is 14.7 Å². The Hall–Kier alpha value is -2.38. The molecule has 0 bridgehead atoms. The van der Waals surface area contributed by atoms with Crippen LogP contribution in [0.4, 0.5) is 0 Å². The molecule has 0 unspecified atom stereocenters. The van der Waals surface area contributed by atoms with Crippen LogP contribution >= 0.6 is 0 Å². The normalized spacial score (nSPS) is 18.4. The molecule has 0 atom stereocenters. The number of carbonyl (C=O) groups excluding carboxylic acids is 2. The summed E-state index contributed by atoms with van der Waals surface area (Å²) in [6, 6.07) is 7.39. The predicted octanol–water partition coefficient (Wildman–Crippen LogP) is 1.45.